The molecule has 0 aromatic carbocycles. The Hall–Kier alpha value is -0.870. The molecule has 21 heavy (non-hydrogen) atoms. The molecule has 2 aliphatic carbocycles. The maximum atomic E-state index is 11.5. The van der Waals surface area contributed by atoms with Crippen molar-refractivity contribution in [2.75, 3.05) is 14.1 Å². The summed E-state index contributed by atoms with van der Waals surface area (Å²) in [6.45, 7) is 1.79. The van der Waals surface area contributed by atoms with Gasteiger partial charge in [-0.3, -0.25) is 4.79 Å². The van der Waals surface area contributed by atoms with E-state index in [0.29, 0.717) is 18.3 Å². The number of rotatable bonds is 6. The Morgan fingerprint density at radius 1 is 1.43 bits per heavy atom. The molecule has 2 rings (SSSR count). The van der Waals surface area contributed by atoms with Crippen molar-refractivity contribution in [1.82, 2.24) is 4.90 Å². The van der Waals surface area contributed by atoms with E-state index < -0.39 is 6.10 Å². The summed E-state index contributed by atoms with van der Waals surface area (Å²) >= 11 is 0. The first kappa shape index (κ1) is 16.5. The number of nitrogens with zero attached hydrogens (tertiary/aromatic N) is 1. The molecule has 1 saturated carbocycles. The number of hydrogen-bond acceptors (Lipinski definition) is 3. The second-order valence-electron chi connectivity index (χ2n) is 6.97. The smallest absolute Gasteiger partial charge is 0.222 e. The van der Waals surface area contributed by atoms with Gasteiger partial charge in [0.05, 0.1) is 12.2 Å². The molecule has 4 heteroatoms. The summed E-state index contributed by atoms with van der Waals surface area (Å²) in [5.41, 5.74) is 1.46. The van der Waals surface area contributed by atoms with Crippen molar-refractivity contribution < 1.29 is 15.0 Å². The summed E-state index contributed by atoms with van der Waals surface area (Å²) in [5.74, 6) is 1.08. The van der Waals surface area contributed by atoms with Crippen LogP contribution in [0.15, 0.2) is 11.6 Å². The van der Waals surface area contributed by atoms with Crippen LogP contribution >= 0.6 is 0 Å². The van der Waals surface area contributed by atoms with Crippen molar-refractivity contribution in [1.29, 1.82) is 0 Å². The maximum absolute atomic E-state index is 11.5. The number of aliphatic hydroxyl groups excluding tert-OH is 2. The fourth-order valence-electron chi connectivity index (χ4n) is 4.05. The van der Waals surface area contributed by atoms with Gasteiger partial charge in [-0.15, -0.1) is 0 Å². The average Bonchev–Trinajstić information content (AvgIpc) is 2.89. The van der Waals surface area contributed by atoms with Crippen LogP contribution in [0.5, 0.6) is 0 Å². The van der Waals surface area contributed by atoms with E-state index in [9.17, 15) is 15.0 Å². The van der Waals surface area contributed by atoms with Gasteiger partial charge in [0, 0.05) is 26.4 Å². The van der Waals surface area contributed by atoms with Crippen molar-refractivity contribution in [2.24, 2.45) is 17.8 Å². The van der Waals surface area contributed by atoms with Crippen molar-refractivity contribution >= 4 is 5.91 Å². The van der Waals surface area contributed by atoms with Crippen LogP contribution in [0.25, 0.3) is 0 Å². The van der Waals surface area contributed by atoms with Crippen LogP contribution in [-0.2, 0) is 4.79 Å². The quantitative estimate of drug-likeness (QED) is 0.582. The minimum Gasteiger partial charge on any atom is -0.393 e. The topological polar surface area (TPSA) is 60.8 Å². The molecule has 5 atom stereocenters. The van der Waals surface area contributed by atoms with Crippen molar-refractivity contribution in [3.63, 3.8) is 0 Å². The highest BCUT2D eigenvalue weighted by Gasteiger charge is 2.46. The fourth-order valence-corrected chi connectivity index (χ4v) is 4.05. The van der Waals surface area contributed by atoms with Gasteiger partial charge < -0.3 is 15.1 Å². The molecular formula is C17H29NO3. The Kier molecular flexibility index (Phi) is 5.44. The molecule has 1 amide bonds. The third kappa shape index (κ3) is 3.86. The highest BCUT2D eigenvalue weighted by atomic mass is 16.3. The summed E-state index contributed by atoms with van der Waals surface area (Å²) in [6.07, 6.45) is 7.01. The van der Waals surface area contributed by atoms with E-state index in [-0.39, 0.29) is 17.9 Å². The lowest BCUT2D eigenvalue weighted by molar-refractivity contribution is -0.128. The SMILES string of the molecule is C[C@@H](O)[C@@H]1[C@H]2CC(CCCCC(=O)N(C)C)=C[C@H]2C[C@H]1O. The standard InChI is InChI=1S/C17H29NO3/c1-11(19)17-14-9-12(8-13(14)10-15(17)20)6-4-5-7-16(21)18(2)3/h8,11,13-15,17,19-20H,4-7,9-10H2,1-3H3/t11-,13+,14+,15-,17-/m1/s1. The minimum absolute atomic E-state index is 0.0269. The molecule has 120 valence electrons. The van der Waals surface area contributed by atoms with E-state index in [1.807, 2.05) is 0 Å². The summed E-state index contributed by atoms with van der Waals surface area (Å²) in [7, 11) is 3.59. The van der Waals surface area contributed by atoms with Crippen LogP contribution in [0.1, 0.15) is 45.4 Å². The van der Waals surface area contributed by atoms with E-state index in [2.05, 4.69) is 6.08 Å². The highest BCUT2D eigenvalue weighted by Crippen LogP contribution is 2.48. The van der Waals surface area contributed by atoms with Crippen LogP contribution in [0, 0.1) is 17.8 Å². The molecule has 0 radical (unpaired) electrons. The molecule has 0 aliphatic heterocycles. The number of hydrogen-bond donors (Lipinski definition) is 2. The van der Waals surface area contributed by atoms with Gasteiger partial charge in [0.15, 0.2) is 0 Å². The summed E-state index contributed by atoms with van der Waals surface area (Å²) < 4.78 is 0. The van der Waals surface area contributed by atoms with E-state index in [0.717, 1.165) is 32.1 Å². The first-order chi connectivity index (χ1) is 9.90. The van der Waals surface area contributed by atoms with Gasteiger partial charge in [0.25, 0.3) is 0 Å². The van der Waals surface area contributed by atoms with Gasteiger partial charge in [-0.1, -0.05) is 11.6 Å². The second kappa shape index (κ2) is 6.93. The summed E-state index contributed by atoms with van der Waals surface area (Å²) in [4.78, 5) is 13.2. The Labute approximate surface area is 127 Å². The van der Waals surface area contributed by atoms with E-state index in [1.54, 1.807) is 25.9 Å². The predicted molar refractivity (Wildman–Crippen MR) is 82.6 cm³/mol. The highest BCUT2D eigenvalue weighted by molar-refractivity contribution is 5.75. The van der Waals surface area contributed by atoms with E-state index in [4.69, 9.17) is 0 Å². The summed E-state index contributed by atoms with van der Waals surface area (Å²) in [5, 5.41) is 19.9. The Morgan fingerprint density at radius 2 is 2.14 bits per heavy atom. The van der Waals surface area contributed by atoms with Crippen LogP contribution in [0.3, 0.4) is 0 Å². The first-order valence-corrected chi connectivity index (χ1v) is 8.16. The molecule has 0 saturated heterocycles. The normalized spacial score (nSPS) is 32.7. The fraction of sp³-hybridized carbons (Fsp3) is 0.824. The number of unbranched alkanes of at least 4 members (excludes halogenated alkanes) is 1. The molecule has 0 bridgehead atoms. The lowest BCUT2D eigenvalue weighted by Gasteiger charge is -2.24. The Morgan fingerprint density at radius 3 is 2.76 bits per heavy atom. The zero-order chi connectivity index (χ0) is 15.6. The zero-order valence-corrected chi connectivity index (χ0v) is 13.5. The molecule has 4 nitrogen and oxygen atoms in total. The van der Waals surface area contributed by atoms with Gasteiger partial charge in [0.2, 0.25) is 5.91 Å². The van der Waals surface area contributed by atoms with Crippen LogP contribution in [-0.4, -0.2) is 47.3 Å². The monoisotopic (exact) mass is 295 g/mol. The molecular weight excluding hydrogens is 266 g/mol. The lowest BCUT2D eigenvalue weighted by Crippen LogP contribution is -2.29. The molecule has 2 aliphatic rings. The van der Waals surface area contributed by atoms with Crippen LogP contribution in [0.2, 0.25) is 0 Å². The van der Waals surface area contributed by atoms with E-state index >= 15 is 0 Å². The van der Waals surface area contributed by atoms with Gasteiger partial charge in [-0.25, -0.2) is 0 Å². The second-order valence-corrected chi connectivity index (χ2v) is 6.97. The van der Waals surface area contributed by atoms with Gasteiger partial charge in [-0.2, -0.15) is 0 Å². The Balaban J connectivity index is 1.75. The summed E-state index contributed by atoms with van der Waals surface area (Å²) in [6, 6.07) is 0. The predicted octanol–water partition coefficient (Wildman–Crippen LogP) is 1.96. The first-order valence-electron chi connectivity index (χ1n) is 8.16. The molecule has 0 aromatic heterocycles. The molecule has 1 fully saturated rings. The Bertz CT molecular complexity index is 403. The number of amides is 1. The number of fused-ring (bicyclic) bond motifs is 1. The molecule has 0 unspecified atom stereocenters. The number of carbonyl (C=O) groups excluding carboxylic acids is 1. The van der Waals surface area contributed by atoms with Crippen molar-refractivity contribution in [3.8, 4) is 0 Å². The largest absolute Gasteiger partial charge is 0.393 e. The van der Waals surface area contributed by atoms with Crippen molar-refractivity contribution in [2.45, 2.75) is 57.7 Å². The third-order valence-corrected chi connectivity index (χ3v) is 5.14. The van der Waals surface area contributed by atoms with Gasteiger partial charge in [-0.05, 0) is 50.9 Å². The van der Waals surface area contributed by atoms with Gasteiger partial charge in [0.1, 0.15) is 0 Å². The molecule has 2 N–H and O–H groups in total. The molecule has 0 heterocycles. The van der Waals surface area contributed by atoms with E-state index in [1.165, 1.54) is 5.57 Å². The molecule has 0 aromatic rings. The number of allylic oxidation sites excluding steroid dienone is 2. The molecule has 0 spiro atoms. The third-order valence-electron chi connectivity index (χ3n) is 5.14. The van der Waals surface area contributed by atoms with Crippen LogP contribution < -0.4 is 0 Å². The minimum atomic E-state index is -0.430. The average molecular weight is 295 g/mol. The number of carbonyl (C=O) groups is 1. The van der Waals surface area contributed by atoms with Crippen molar-refractivity contribution in [3.05, 3.63) is 11.6 Å². The number of aliphatic hydroxyl groups is 2. The van der Waals surface area contributed by atoms with Crippen LogP contribution in [0.4, 0.5) is 0 Å². The lowest BCUT2D eigenvalue weighted by atomic mass is 9.86. The zero-order valence-electron chi connectivity index (χ0n) is 13.5. The maximum Gasteiger partial charge on any atom is 0.222 e. The van der Waals surface area contributed by atoms with Gasteiger partial charge >= 0.3 is 0 Å².